The van der Waals surface area contributed by atoms with Crippen molar-refractivity contribution in [3.8, 4) is 5.75 Å². The number of nitrogens with zero attached hydrogens (tertiary/aromatic N) is 1. The Labute approximate surface area is 82.4 Å². The molecule has 0 spiro atoms. The van der Waals surface area contributed by atoms with Crippen molar-refractivity contribution < 1.29 is 5.11 Å². The minimum Gasteiger partial charge on any atom is -0.508 e. The Morgan fingerprint density at radius 3 is 2.57 bits per heavy atom. The standard InChI is InChI=1S/C11H12N2O/c1-8-11(13-7-12-8)6-9-2-4-10(14)5-3-9/h2-5,7,14H,6H2,1H3,(H,12,13). The van der Waals surface area contributed by atoms with Crippen LogP contribution in [0.1, 0.15) is 17.0 Å². The topological polar surface area (TPSA) is 48.9 Å². The van der Waals surface area contributed by atoms with Gasteiger partial charge in [0.1, 0.15) is 5.75 Å². The summed E-state index contributed by atoms with van der Waals surface area (Å²) in [7, 11) is 0. The fourth-order valence-electron chi connectivity index (χ4n) is 1.37. The summed E-state index contributed by atoms with van der Waals surface area (Å²) in [6.45, 7) is 2.00. The number of aromatic hydroxyl groups is 1. The average Bonchev–Trinajstić information content (AvgIpc) is 2.56. The normalized spacial score (nSPS) is 10.4. The SMILES string of the molecule is Cc1[nH]cnc1Cc1ccc(O)cc1. The van der Waals surface area contributed by atoms with E-state index in [-0.39, 0.29) is 0 Å². The number of aromatic amines is 1. The molecular formula is C11H12N2O. The zero-order chi connectivity index (χ0) is 9.97. The summed E-state index contributed by atoms with van der Waals surface area (Å²) in [6, 6.07) is 7.20. The fraction of sp³-hybridized carbons (Fsp3) is 0.182. The number of H-pyrrole nitrogens is 1. The predicted octanol–water partition coefficient (Wildman–Crippen LogP) is 2.01. The van der Waals surface area contributed by atoms with Gasteiger partial charge in [-0.05, 0) is 24.6 Å². The summed E-state index contributed by atoms with van der Waals surface area (Å²) in [5.41, 5.74) is 3.30. The van der Waals surface area contributed by atoms with Crippen LogP contribution in [-0.4, -0.2) is 15.1 Å². The maximum atomic E-state index is 9.12. The molecule has 3 nitrogen and oxygen atoms in total. The molecule has 0 aliphatic rings. The molecule has 0 bridgehead atoms. The molecule has 0 amide bonds. The van der Waals surface area contributed by atoms with Crippen molar-refractivity contribution in [2.24, 2.45) is 0 Å². The molecule has 0 aliphatic heterocycles. The van der Waals surface area contributed by atoms with Crippen LogP contribution in [-0.2, 0) is 6.42 Å². The van der Waals surface area contributed by atoms with Gasteiger partial charge in [-0.1, -0.05) is 12.1 Å². The molecule has 0 aliphatic carbocycles. The van der Waals surface area contributed by atoms with E-state index in [9.17, 15) is 0 Å². The minimum atomic E-state index is 0.299. The molecule has 2 aromatic rings. The molecule has 1 heterocycles. The highest BCUT2D eigenvalue weighted by Gasteiger charge is 2.01. The lowest BCUT2D eigenvalue weighted by atomic mass is 10.1. The maximum absolute atomic E-state index is 9.12. The monoisotopic (exact) mass is 188 g/mol. The van der Waals surface area contributed by atoms with Crippen LogP contribution in [0.25, 0.3) is 0 Å². The summed E-state index contributed by atoms with van der Waals surface area (Å²) in [5.74, 6) is 0.299. The van der Waals surface area contributed by atoms with Gasteiger partial charge in [0.15, 0.2) is 0 Å². The van der Waals surface area contributed by atoms with Crippen molar-refractivity contribution in [1.29, 1.82) is 0 Å². The van der Waals surface area contributed by atoms with Crippen LogP contribution in [0.3, 0.4) is 0 Å². The van der Waals surface area contributed by atoms with Crippen LogP contribution in [0, 0.1) is 6.92 Å². The Balaban J connectivity index is 2.19. The molecule has 0 atom stereocenters. The van der Waals surface area contributed by atoms with Crippen LogP contribution in [0.15, 0.2) is 30.6 Å². The van der Waals surface area contributed by atoms with Gasteiger partial charge in [-0.15, -0.1) is 0 Å². The summed E-state index contributed by atoms with van der Waals surface area (Å²) in [5, 5.41) is 9.12. The largest absolute Gasteiger partial charge is 0.508 e. The van der Waals surface area contributed by atoms with Crippen molar-refractivity contribution in [2.75, 3.05) is 0 Å². The second-order valence-corrected chi connectivity index (χ2v) is 3.32. The molecule has 0 saturated heterocycles. The molecule has 0 unspecified atom stereocenters. The number of aryl methyl sites for hydroxylation is 1. The van der Waals surface area contributed by atoms with E-state index >= 15 is 0 Å². The number of imidazole rings is 1. The molecular weight excluding hydrogens is 176 g/mol. The van der Waals surface area contributed by atoms with Crippen LogP contribution < -0.4 is 0 Å². The van der Waals surface area contributed by atoms with E-state index in [0.717, 1.165) is 23.4 Å². The third-order valence-electron chi connectivity index (χ3n) is 2.24. The molecule has 14 heavy (non-hydrogen) atoms. The summed E-state index contributed by atoms with van der Waals surface area (Å²) in [4.78, 5) is 7.26. The Hall–Kier alpha value is -1.77. The second kappa shape index (κ2) is 3.54. The van der Waals surface area contributed by atoms with Gasteiger partial charge in [0.25, 0.3) is 0 Å². The number of hydrogen-bond acceptors (Lipinski definition) is 2. The molecule has 72 valence electrons. The van der Waals surface area contributed by atoms with E-state index in [0.29, 0.717) is 5.75 Å². The number of nitrogens with one attached hydrogen (secondary N) is 1. The average molecular weight is 188 g/mol. The van der Waals surface area contributed by atoms with Gasteiger partial charge in [-0.25, -0.2) is 4.98 Å². The summed E-state index contributed by atoms with van der Waals surface area (Å²) >= 11 is 0. The fourth-order valence-corrected chi connectivity index (χ4v) is 1.37. The van der Waals surface area contributed by atoms with E-state index in [1.165, 1.54) is 0 Å². The first kappa shape index (κ1) is 8.81. The molecule has 2 N–H and O–H groups in total. The van der Waals surface area contributed by atoms with E-state index in [4.69, 9.17) is 5.11 Å². The molecule has 1 aromatic carbocycles. The maximum Gasteiger partial charge on any atom is 0.115 e. The van der Waals surface area contributed by atoms with Gasteiger partial charge in [0.05, 0.1) is 12.0 Å². The zero-order valence-electron chi connectivity index (χ0n) is 7.99. The number of hydrogen-bond donors (Lipinski definition) is 2. The number of aromatic nitrogens is 2. The van der Waals surface area contributed by atoms with Gasteiger partial charge < -0.3 is 10.1 Å². The number of phenolic OH excluding ortho intramolecular Hbond substituents is 1. The van der Waals surface area contributed by atoms with E-state index in [1.807, 2.05) is 19.1 Å². The number of benzene rings is 1. The molecule has 0 saturated carbocycles. The third kappa shape index (κ3) is 1.76. The lowest BCUT2D eigenvalue weighted by Crippen LogP contribution is -1.90. The molecule has 3 heteroatoms. The van der Waals surface area contributed by atoms with Gasteiger partial charge in [0.2, 0.25) is 0 Å². The molecule has 0 radical (unpaired) electrons. The summed E-state index contributed by atoms with van der Waals surface area (Å²) in [6.07, 6.45) is 2.50. The highest BCUT2D eigenvalue weighted by molar-refractivity contribution is 5.29. The van der Waals surface area contributed by atoms with Gasteiger partial charge in [-0.3, -0.25) is 0 Å². The lowest BCUT2D eigenvalue weighted by Gasteiger charge is -1.99. The molecule has 2 rings (SSSR count). The third-order valence-corrected chi connectivity index (χ3v) is 2.24. The Morgan fingerprint density at radius 2 is 2.00 bits per heavy atom. The Kier molecular flexibility index (Phi) is 2.23. The van der Waals surface area contributed by atoms with Crippen molar-refractivity contribution in [2.45, 2.75) is 13.3 Å². The van der Waals surface area contributed by atoms with Crippen LogP contribution in [0.5, 0.6) is 5.75 Å². The zero-order valence-corrected chi connectivity index (χ0v) is 7.99. The highest BCUT2D eigenvalue weighted by atomic mass is 16.3. The molecule has 0 fully saturated rings. The van der Waals surface area contributed by atoms with Gasteiger partial charge >= 0.3 is 0 Å². The Bertz CT molecular complexity index is 417. The number of phenols is 1. The van der Waals surface area contributed by atoms with Crippen molar-refractivity contribution >= 4 is 0 Å². The first-order valence-corrected chi connectivity index (χ1v) is 4.52. The second-order valence-electron chi connectivity index (χ2n) is 3.32. The van der Waals surface area contributed by atoms with E-state index in [2.05, 4.69) is 9.97 Å². The van der Waals surface area contributed by atoms with Crippen molar-refractivity contribution in [3.63, 3.8) is 0 Å². The quantitative estimate of drug-likeness (QED) is 0.757. The predicted molar refractivity (Wildman–Crippen MR) is 54.2 cm³/mol. The highest BCUT2D eigenvalue weighted by Crippen LogP contribution is 2.13. The minimum absolute atomic E-state index is 0.299. The first-order chi connectivity index (χ1) is 6.75. The molecule has 1 aromatic heterocycles. The van der Waals surface area contributed by atoms with Gasteiger partial charge in [0, 0.05) is 12.1 Å². The number of rotatable bonds is 2. The van der Waals surface area contributed by atoms with Crippen LogP contribution >= 0.6 is 0 Å². The van der Waals surface area contributed by atoms with Crippen LogP contribution in [0.2, 0.25) is 0 Å². The smallest absolute Gasteiger partial charge is 0.115 e. The van der Waals surface area contributed by atoms with E-state index < -0.39 is 0 Å². The Morgan fingerprint density at radius 1 is 1.29 bits per heavy atom. The lowest BCUT2D eigenvalue weighted by molar-refractivity contribution is 0.475. The van der Waals surface area contributed by atoms with E-state index in [1.54, 1.807) is 18.5 Å². The van der Waals surface area contributed by atoms with Crippen molar-refractivity contribution in [3.05, 3.63) is 47.5 Å². The first-order valence-electron chi connectivity index (χ1n) is 4.52. The van der Waals surface area contributed by atoms with Crippen molar-refractivity contribution in [1.82, 2.24) is 9.97 Å². The van der Waals surface area contributed by atoms with Gasteiger partial charge in [-0.2, -0.15) is 0 Å². The summed E-state index contributed by atoms with van der Waals surface area (Å²) < 4.78 is 0. The van der Waals surface area contributed by atoms with Crippen LogP contribution in [0.4, 0.5) is 0 Å².